The number of Topliss-reactive ketones (excluding diaryl/α,β-unsaturated/α-hetero) is 1. The number of hydrogen-bond donors (Lipinski definition) is 1. The van der Waals surface area contributed by atoms with Crippen LogP contribution in [0.1, 0.15) is 69.8 Å². The molecular weight excluding hydrogens is 321 g/mol. The number of carbonyl (C=O) groups is 2. The van der Waals surface area contributed by atoms with Gasteiger partial charge in [-0.05, 0) is 48.9 Å². The first-order valence-electron chi connectivity index (χ1n) is 8.68. The molecule has 3 rings (SSSR count). The quantitative estimate of drug-likeness (QED) is 0.649. The number of H-pyrrole nitrogens is 1. The molecule has 0 amide bonds. The van der Waals surface area contributed by atoms with Crippen molar-refractivity contribution in [3.8, 4) is 0 Å². The lowest BCUT2D eigenvalue weighted by molar-refractivity contribution is 0.0492. The van der Waals surface area contributed by atoms with E-state index in [1.54, 1.807) is 19.1 Å². The largest absolute Gasteiger partial charge is 0.461 e. The normalized spacial score (nSPS) is 16.6. The molecule has 0 spiro atoms. The van der Waals surface area contributed by atoms with Crippen LogP contribution in [0.5, 0.6) is 0 Å². The summed E-state index contributed by atoms with van der Waals surface area (Å²) < 4.78 is 18.4. The summed E-state index contributed by atoms with van der Waals surface area (Å²) in [6, 6.07) is 6.25. The van der Waals surface area contributed by atoms with Crippen molar-refractivity contribution >= 4 is 11.8 Å². The molecule has 1 heterocycles. The van der Waals surface area contributed by atoms with E-state index in [9.17, 15) is 14.0 Å². The van der Waals surface area contributed by atoms with E-state index in [4.69, 9.17) is 4.74 Å². The predicted octanol–water partition coefficient (Wildman–Crippen LogP) is 4.33. The van der Waals surface area contributed by atoms with E-state index in [2.05, 4.69) is 4.98 Å². The van der Waals surface area contributed by atoms with Crippen LogP contribution in [0.4, 0.5) is 4.39 Å². The average Bonchev–Trinajstić information content (AvgIpc) is 2.93. The van der Waals surface area contributed by atoms with E-state index in [1.165, 1.54) is 12.1 Å². The van der Waals surface area contributed by atoms with Crippen molar-refractivity contribution in [3.63, 3.8) is 0 Å². The third-order valence-corrected chi connectivity index (χ3v) is 4.77. The van der Waals surface area contributed by atoms with Crippen LogP contribution in [0.2, 0.25) is 0 Å². The van der Waals surface area contributed by atoms with Crippen molar-refractivity contribution in [1.29, 1.82) is 0 Å². The number of benzene rings is 1. The molecule has 0 bridgehead atoms. The molecule has 1 N–H and O–H groups in total. The molecule has 1 atom stereocenters. The Labute approximate surface area is 146 Å². The summed E-state index contributed by atoms with van der Waals surface area (Å²) in [6.07, 6.45) is 2.75. The van der Waals surface area contributed by atoms with Crippen molar-refractivity contribution in [2.45, 2.75) is 45.4 Å². The SMILES string of the molecule is CCCCOC(=O)c1[nH]c2c(c1C)C(=O)C[C@H](c1ccc(F)cc1)C2. The van der Waals surface area contributed by atoms with E-state index in [0.29, 0.717) is 36.3 Å². The van der Waals surface area contributed by atoms with E-state index < -0.39 is 5.97 Å². The highest BCUT2D eigenvalue weighted by molar-refractivity contribution is 6.03. The lowest BCUT2D eigenvalue weighted by Gasteiger charge is -2.22. The van der Waals surface area contributed by atoms with E-state index in [-0.39, 0.29) is 17.5 Å². The maximum absolute atomic E-state index is 13.1. The second kappa shape index (κ2) is 7.21. The first-order valence-corrected chi connectivity index (χ1v) is 8.68. The molecule has 4 nitrogen and oxygen atoms in total. The average molecular weight is 343 g/mol. The lowest BCUT2D eigenvalue weighted by Crippen LogP contribution is -2.18. The minimum atomic E-state index is -0.411. The summed E-state index contributed by atoms with van der Waals surface area (Å²) >= 11 is 0. The number of esters is 1. The number of rotatable bonds is 5. The highest BCUT2D eigenvalue weighted by Crippen LogP contribution is 2.35. The first kappa shape index (κ1) is 17.4. The molecule has 0 saturated heterocycles. The zero-order chi connectivity index (χ0) is 18.0. The van der Waals surface area contributed by atoms with E-state index in [0.717, 1.165) is 24.1 Å². The Hall–Kier alpha value is -2.43. The van der Waals surface area contributed by atoms with Gasteiger partial charge in [-0.15, -0.1) is 0 Å². The molecule has 0 aliphatic heterocycles. The van der Waals surface area contributed by atoms with Gasteiger partial charge in [0.1, 0.15) is 11.5 Å². The van der Waals surface area contributed by atoms with Gasteiger partial charge >= 0.3 is 5.97 Å². The number of carbonyl (C=O) groups excluding carboxylic acids is 2. The number of aromatic nitrogens is 1. The molecule has 1 aliphatic rings. The minimum Gasteiger partial charge on any atom is -0.461 e. The number of fused-ring (bicyclic) bond motifs is 1. The number of nitrogens with one attached hydrogen (secondary N) is 1. The van der Waals surface area contributed by atoms with Gasteiger partial charge in [0.2, 0.25) is 0 Å². The number of aromatic amines is 1. The van der Waals surface area contributed by atoms with Crippen LogP contribution in [-0.4, -0.2) is 23.3 Å². The second-order valence-electron chi connectivity index (χ2n) is 6.55. The van der Waals surface area contributed by atoms with Crippen molar-refractivity contribution in [3.05, 3.63) is 58.2 Å². The zero-order valence-electron chi connectivity index (χ0n) is 14.5. The van der Waals surface area contributed by atoms with Gasteiger partial charge in [0, 0.05) is 17.7 Å². The molecular formula is C20H22FNO3. The summed E-state index contributed by atoms with van der Waals surface area (Å²) in [5.74, 6) is -0.703. The summed E-state index contributed by atoms with van der Waals surface area (Å²) in [4.78, 5) is 28.0. The number of unbranched alkanes of at least 4 members (excludes halogenated alkanes) is 1. The topological polar surface area (TPSA) is 59.2 Å². The summed E-state index contributed by atoms with van der Waals surface area (Å²) in [5, 5.41) is 0. The number of ketones is 1. The van der Waals surface area contributed by atoms with Crippen LogP contribution < -0.4 is 0 Å². The highest BCUT2D eigenvalue weighted by Gasteiger charge is 2.32. The van der Waals surface area contributed by atoms with Gasteiger partial charge < -0.3 is 9.72 Å². The lowest BCUT2D eigenvalue weighted by atomic mass is 9.81. The molecule has 2 aromatic rings. The van der Waals surface area contributed by atoms with Crippen LogP contribution >= 0.6 is 0 Å². The third kappa shape index (κ3) is 3.50. The second-order valence-corrected chi connectivity index (χ2v) is 6.55. The Morgan fingerprint density at radius 1 is 1.28 bits per heavy atom. The van der Waals surface area contributed by atoms with Gasteiger partial charge in [-0.3, -0.25) is 4.79 Å². The van der Waals surface area contributed by atoms with Gasteiger partial charge in [0.25, 0.3) is 0 Å². The molecule has 0 unspecified atom stereocenters. The smallest absolute Gasteiger partial charge is 0.355 e. The van der Waals surface area contributed by atoms with E-state index in [1.807, 2.05) is 6.92 Å². The molecule has 0 radical (unpaired) electrons. The Morgan fingerprint density at radius 2 is 2.00 bits per heavy atom. The number of ether oxygens (including phenoxy) is 1. The van der Waals surface area contributed by atoms with Crippen molar-refractivity contribution in [2.24, 2.45) is 0 Å². The third-order valence-electron chi connectivity index (χ3n) is 4.77. The van der Waals surface area contributed by atoms with E-state index >= 15 is 0 Å². The predicted molar refractivity (Wildman–Crippen MR) is 92.5 cm³/mol. The molecule has 5 heteroatoms. The number of halogens is 1. The van der Waals surface area contributed by atoms with Crippen molar-refractivity contribution < 1.29 is 18.7 Å². The molecule has 0 saturated carbocycles. The Morgan fingerprint density at radius 3 is 2.68 bits per heavy atom. The van der Waals surface area contributed by atoms with Crippen LogP contribution in [0, 0.1) is 12.7 Å². The Balaban J connectivity index is 1.84. The zero-order valence-corrected chi connectivity index (χ0v) is 14.5. The van der Waals surface area contributed by atoms with Gasteiger partial charge in [-0.25, -0.2) is 9.18 Å². The minimum absolute atomic E-state index is 0.0110. The molecule has 1 aliphatic carbocycles. The Bertz CT molecular complexity index is 792. The fourth-order valence-corrected chi connectivity index (χ4v) is 3.39. The molecule has 1 aromatic heterocycles. The van der Waals surface area contributed by atoms with Crippen LogP contribution in [0.15, 0.2) is 24.3 Å². The monoisotopic (exact) mass is 343 g/mol. The van der Waals surface area contributed by atoms with Gasteiger partial charge in [0.05, 0.1) is 6.61 Å². The molecule has 132 valence electrons. The summed E-state index contributed by atoms with van der Waals surface area (Å²) in [6.45, 7) is 4.19. The van der Waals surface area contributed by atoms with Gasteiger partial charge in [-0.1, -0.05) is 25.5 Å². The Kier molecular flexibility index (Phi) is 5.02. The maximum atomic E-state index is 13.1. The fourth-order valence-electron chi connectivity index (χ4n) is 3.39. The summed E-state index contributed by atoms with van der Waals surface area (Å²) in [5.41, 5.74) is 3.35. The van der Waals surface area contributed by atoms with Gasteiger partial charge in [-0.2, -0.15) is 0 Å². The first-order chi connectivity index (χ1) is 12.0. The fraction of sp³-hybridized carbons (Fsp3) is 0.400. The standard InChI is InChI=1S/C20H22FNO3/c1-3-4-9-25-20(24)19-12(2)18-16(22-19)10-14(11-17(18)23)13-5-7-15(21)8-6-13/h5-8,14,22H,3-4,9-11H2,1-2H3/t14-/m1/s1. The van der Waals surface area contributed by atoms with Crippen LogP contribution in [0.3, 0.4) is 0 Å². The van der Waals surface area contributed by atoms with Crippen LogP contribution in [-0.2, 0) is 11.2 Å². The van der Waals surface area contributed by atoms with Crippen molar-refractivity contribution in [1.82, 2.24) is 4.98 Å². The molecule has 1 aromatic carbocycles. The van der Waals surface area contributed by atoms with Crippen molar-refractivity contribution in [2.75, 3.05) is 6.61 Å². The molecule has 0 fully saturated rings. The molecule has 25 heavy (non-hydrogen) atoms. The number of hydrogen-bond acceptors (Lipinski definition) is 3. The maximum Gasteiger partial charge on any atom is 0.355 e. The highest BCUT2D eigenvalue weighted by atomic mass is 19.1. The van der Waals surface area contributed by atoms with Gasteiger partial charge in [0.15, 0.2) is 5.78 Å². The van der Waals surface area contributed by atoms with Crippen LogP contribution in [0.25, 0.3) is 0 Å². The summed E-state index contributed by atoms with van der Waals surface area (Å²) in [7, 11) is 0.